The lowest BCUT2D eigenvalue weighted by Gasteiger charge is -2.35. The number of imidazole rings is 1. The fraction of sp³-hybridized carbons (Fsp3) is 0.383. The van der Waals surface area contributed by atoms with Gasteiger partial charge < -0.3 is 9.64 Å². The lowest BCUT2D eigenvalue weighted by Crippen LogP contribution is -2.39. The highest BCUT2D eigenvalue weighted by Gasteiger charge is 2.56. The second-order valence-corrected chi connectivity index (χ2v) is 18.9. The molecule has 2 aliphatic heterocycles. The van der Waals surface area contributed by atoms with E-state index in [0.29, 0.717) is 76.2 Å². The Morgan fingerprint density at radius 3 is 2.44 bits per heavy atom. The molecule has 0 N–H and O–H groups in total. The third kappa shape index (κ3) is 5.95. The van der Waals surface area contributed by atoms with Crippen molar-refractivity contribution in [3.05, 3.63) is 122 Å². The Bertz CT molecular complexity index is 3070. The molecule has 1 saturated carbocycles. The number of halogens is 2. The van der Waals surface area contributed by atoms with Crippen LogP contribution in [0.25, 0.3) is 38.2 Å². The summed E-state index contributed by atoms with van der Waals surface area (Å²) in [5, 5.41) is 21.2. The molecule has 3 aliphatic rings. The van der Waals surface area contributed by atoms with E-state index in [1.165, 1.54) is 38.4 Å². The van der Waals surface area contributed by atoms with Gasteiger partial charge in [0, 0.05) is 54.8 Å². The van der Waals surface area contributed by atoms with Gasteiger partial charge in [-0.25, -0.2) is 18.3 Å². The van der Waals surface area contributed by atoms with Crippen LogP contribution in [0.1, 0.15) is 102 Å². The predicted octanol–water partition coefficient (Wildman–Crippen LogP) is 9.04. The van der Waals surface area contributed by atoms with Crippen LogP contribution in [0, 0.1) is 42.7 Å². The maximum atomic E-state index is 16.1. The molecule has 2 unspecified atom stereocenters. The molecular formula is C47H46F2N8O3S. The van der Waals surface area contributed by atoms with E-state index >= 15 is 13.6 Å². The van der Waals surface area contributed by atoms with Crippen LogP contribution in [-0.2, 0) is 23.6 Å². The molecule has 2 fully saturated rings. The topological polar surface area (TPSA) is 116 Å². The Morgan fingerprint density at radius 1 is 1.00 bits per heavy atom. The monoisotopic (exact) mass is 840 g/mol. The number of thiophene rings is 1. The highest BCUT2D eigenvalue weighted by atomic mass is 32.1. The zero-order valence-corrected chi connectivity index (χ0v) is 36.0. The van der Waals surface area contributed by atoms with Crippen molar-refractivity contribution in [3.63, 3.8) is 0 Å². The van der Waals surface area contributed by atoms with Gasteiger partial charge in [0.1, 0.15) is 11.6 Å². The molecule has 4 atom stereocenters. The number of nitriles is 1. The van der Waals surface area contributed by atoms with Gasteiger partial charge in [-0.15, -0.1) is 11.3 Å². The number of aromatic nitrogens is 6. The fourth-order valence-corrected chi connectivity index (χ4v) is 11.4. The summed E-state index contributed by atoms with van der Waals surface area (Å²) < 4.78 is 44.0. The van der Waals surface area contributed by atoms with Gasteiger partial charge in [-0.05, 0) is 118 Å². The van der Waals surface area contributed by atoms with Crippen LogP contribution in [-0.4, -0.2) is 58.3 Å². The number of amides is 1. The minimum atomic E-state index is -0.770. The molecule has 7 aromatic rings. The van der Waals surface area contributed by atoms with E-state index < -0.39 is 23.0 Å². The minimum Gasteiger partial charge on any atom is -0.376 e. The number of aryl methyl sites for hydroxylation is 3. The Morgan fingerprint density at radius 2 is 1.74 bits per heavy atom. The lowest BCUT2D eigenvalue weighted by molar-refractivity contribution is -0.0592. The second-order valence-electron chi connectivity index (χ2n) is 17.9. The summed E-state index contributed by atoms with van der Waals surface area (Å²) in [5.41, 5.74) is 3.84. The number of benzene rings is 3. The van der Waals surface area contributed by atoms with Crippen LogP contribution in [0.2, 0.25) is 0 Å². The molecule has 312 valence electrons. The standard InChI is InChI=1S/C47H46F2N8O3S/c1-25-18-31(19-26(2)40(25)48)57-43(56-16-15-55(45(56)59)36-11-10-35-33(41(36)49)23-51-53(35)7)38-28(4)54(14-12-34(38)52-57)44(58)42-39(47(24-50)21-27(47)3)32-9-8-29(20-37(32)61-42)30-13-17-60-46(5,6)22-30/h8-11,15-16,18-20,23,27-28,30H,12-14,17,21-22H2,1-7H3/t27-,28-,30?,47?/m0/s1. The van der Waals surface area contributed by atoms with Crippen molar-refractivity contribution in [1.29, 1.82) is 5.26 Å². The van der Waals surface area contributed by atoms with Gasteiger partial charge in [-0.1, -0.05) is 19.1 Å². The first kappa shape index (κ1) is 39.2. The molecule has 1 amide bonds. The number of ether oxygens (including phenoxy) is 1. The van der Waals surface area contributed by atoms with Gasteiger partial charge in [0.05, 0.1) is 62.2 Å². The number of carbonyl (C=O) groups is 1. The number of rotatable bonds is 6. The van der Waals surface area contributed by atoms with Gasteiger partial charge in [-0.2, -0.15) is 15.5 Å². The van der Waals surface area contributed by atoms with Crippen molar-refractivity contribution in [3.8, 4) is 23.3 Å². The molecule has 3 aromatic carbocycles. The number of hydrogen-bond donors (Lipinski definition) is 0. The normalized spacial score (nSPS) is 22.2. The summed E-state index contributed by atoms with van der Waals surface area (Å²) >= 11 is 1.46. The Hall–Kier alpha value is -5.91. The van der Waals surface area contributed by atoms with Gasteiger partial charge in [0.25, 0.3) is 5.91 Å². The summed E-state index contributed by atoms with van der Waals surface area (Å²) in [6, 6.07) is 15.2. The molecule has 14 heteroatoms. The first-order valence-corrected chi connectivity index (χ1v) is 21.7. The average Bonchev–Trinajstić information content (AvgIpc) is 3.69. The SMILES string of the molecule is Cc1cc(-n2nc3c(c2-n2ccn(-c4ccc5c(cnn5C)c4F)c2=O)[C@H](C)N(C(=O)c2sc4cc(C5CCOC(C)(C)C5)ccc4c2C2(C#N)C[C@@H]2C)CC3)cc(C)c1F. The van der Waals surface area contributed by atoms with Crippen LogP contribution in [0.3, 0.4) is 0 Å². The van der Waals surface area contributed by atoms with Crippen molar-refractivity contribution in [2.24, 2.45) is 13.0 Å². The zero-order valence-electron chi connectivity index (χ0n) is 35.2. The summed E-state index contributed by atoms with van der Waals surface area (Å²) in [4.78, 5) is 32.2. The van der Waals surface area contributed by atoms with Crippen molar-refractivity contribution in [2.45, 2.75) is 90.2 Å². The van der Waals surface area contributed by atoms with Gasteiger partial charge in [0.2, 0.25) is 0 Å². The molecule has 6 heterocycles. The van der Waals surface area contributed by atoms with Crippen LogP contribution in [0.15, 0.2) is 65.8 Å². The number of nitrogens with zero attached hydrogens (tertiary/aromatic N) is 8. The summed E-state index contributed by atoms with van der Waals surface area (Å²) in [6.45, 7) is 12.7. The lowest BCUT2D eigenvalue weighted by atomic mass is 9.83. The largest absolute Gasteiger partial charge is 0.376 e. The van der Waals surface area contributed by atoms with E-state index in [0.717, 1.165) is 28.5 Å². The third-order valence-electron chi connectivity index (χ3n) is 13.5. The fourth-order valence-electron chi connectivity index (χ4n) is 10.1. The Kier molecular flexibility index (Phi) is 8.88. The highest BCUT2D eigenvalue weighted by Crippen LogP contribution is 2.58. The molecule has 11 nitrogen and oxygen atoms in total. The summed E-state index contributed by atoms with van der Waals surface area (Å²) in [6.07, 6.45) is 7.39. The van der Waals surface area contributed by atoms with E-state index in [2.05, 4.69) is 50.1 Å². The average molecular weight is 841 g/mol. The molecule has 10 rings (SSSR count). The third-order valence-corrected chi connectivity index (χ3v) is 14.7. The zero-order chi connectivity index (χ0) is 42.9. The van der Waals surface area contributed by atoms with Gasteiger partial charge >= 0.3 is 5.69 Å². The van der Waals surface area contributed by atoms with Crippen molar-refractivity contribution in [1.82, 2.24) is 33.6 Å². The van der Waals surface area contributed by atoms with Crippen LogP contribution >= 0.6 is 11.3 Å². The number of fused-ring (bicyclic) bond motifs is 3. The van der Waals surface area contributed by atoms with E-state index in [-0.39, 0.29) is 34.3 Å². The number of carbonyl (C=O) groups excluding carboxylic acids is 1. The van der Waals surface area contributed by atoms with Crippen molar-refractivity contribution >= 4 is 38.2 Å². The van der Waals surface area contributed by atoms with Crippen LogP contribution < -0.4 is 5.69 Å². The van der Waals surface area contributed by atoms with E-state index in [1.807, 2.05) is 11.8 Å². The molecule has 4 aromatic heterocycles. The molecule has 0 spiro atoms. The maximum Gasteiger partial charge on any atom is 0.338 e. The predicted molar refractivity (Wildman–Crippen MR) is 230 cm³/mol. The highest BCUT2D eigenvalue weighted by molar-refractivity contribution is 7.21. The van der Waals surface area contributed by atoms with Crippen LogP contribution in [0.4, 0.5) is 8.78 Å². The second kappa shape index (κ2) is 13.8. The smallest absolute Gasteiger partial charge is 0.338 e. The Labute approximate surface area is 355 Å². The molecule has 1 aliphatic carbocycles. The molecular weight excluding hydrogens is 795 g/mol. The molecule has 1 saturated heterocycles. The van der Waals surface area contributed by atoms with Gasteiger partial charge in [0.15, 0.2) is 5.82 Å². The summed E-state index contributed by atoms with van der Waals surface area (Å²) in [7, 11) is 1.72. The van der Waals surface area contributed by atoms with E-state index in [4.69, 9.17) is 9.84 Å². The van der Waals surface area contributed by atoms with E-state index in [9.17, 15) is 10.1 Å². The molecule has 0 radical (unpaired) electrons. The first-order chi connectivity index (χ1) is 29.1. The summed E-state index contributed by atoms with van der Waals surface area (Å²) in [5.74, 6) is -0.309. The maximum absolute atomic E-state index is 16.1. The van der Waals surface area contributed by atoms with E-state index in [1.54, 1.807) is 60.7 Å². The van der Waals surface area contributed by atoms with Crippen molar-refractivity contribution in [2.75, 3.05) is 13.2 Å². The minimum absolute atomic E-state index is 0.0595. The Balaban J connectivity index is 1.10. The van der Waals surface area contributed by atoms with Gasteiger partial charge in [-0.3, -0.25) is 18.6 Å². The molecule has 0 bridgehead atoms. The van der Waals surface area contributed by atoms with Crippen LogP contribution in [0.5, 0.6) is 0 Å². The number of hydrogen-bond acceptors (Lipinski definition) is 7. The first-order valence-electron chi connectivity index (χ1n) is 20.9. The molecule has 61 heavy (non-hydrogen) atoms. The quantitative estimate of drug-likeness (QED) is 0.165. The van der Waals surface area contributed by atoms with Crippen molar-refractivity contribution < 1.29 is 18.3 Å².